The van der Waals surface area contributed by atoms with Crippen molar-refractivity contribution in [3.05, 3.63) is 0 Å². The number of amides is 1. The lowest BCUT2D eigenvalue weighted by molar-refractivity contribution is -0.124. The minimum absolute atomic E-state index is 0.0549. The average Bonchev–Trinajstić information content (AvgIpc) is 2.35. The first kappa shape index (κ1) is 16.5. The summed E-state index contributed by atoms with van der Waals surface area (Å²) in [5.74, 6) is 0.197. The molecular weight excluding hydrogens is 236 g/mol. The molecular formula is C16H32N2O. The SMILES string of the molecule is CCCCCCC(C)(C)NC(=O)CN1CCCCC1. The predicted molar refractivity (Wildman–Crippen MR) is 81.3 cm³/mol. The van der Waals surface area contributed by atoms with Crippen LogP contribution in [0.1, 0.15) is 72.1 Å². The van der Waals surface area contributed by atoms with Crippen molar-refractivity contribution < 1.29 is 4.79 Å². The van der Waals surface area contributed by atoms with Gasteiger partial charge >= 0.3 is 0 Å². The first-order chi connectivity index (χ1) is 9.03. The Morgan fingerprint density at radius 1 is 1.11 bits per heavy atom. The molecule has 3 heteroatoms. The number of carbonyl (C=O) groups is 1. The maximum absolute atomic E-state index is 12.1. The zero-order valence-corrected chi connectivity index (χ0v) is 13.1. The molecule has 19 heavy (non-hydrogen) atoms. The van der Waals surface area contributed by atoms with Gasteiger partial charge in [0, 0.05) is 5.54 Å². The Hall–Kier alpha value is -0.570. The van der Waals surface area contributed by atoms with Gasteiger partial charge in [0.15, 0.2) is 0 Å². The second-order valence-electron chi connectivity index (χ2n) is 6.58. The molecule has 0 spiro atoms. The van der Waals surface area contributed by atoms with Crippen molar-refractivity contribution in [3.8, 4) is 0 Å². The number of hydrogen-bond donors (Lipinski definition) is 1. The molecule has 0 aromatic heterocycles. The lowest BCUT2D eigenvalue weighted by atomic mass is 9.96. The molecule has 1 amide bonds. The summed E-state index contributed by atoms with van der Waals surface area (Å²) in [7, 11) is 0. The van der Waals surface area contributed by atoms with Crippen LogP contribution in [-0.2, 0) is 4.79 Å². The molecule has 0 bridgehead atoms. The summed E-state index contributed by atoms with van der Waals surface area (Å²) in [6, 6.07) is 0. The fraction of sp³-hybridized carbons (Fsp3) is 0.938. The van der Waals surface area contributed by atoms with Crippen LogP contribution in [-0.4, -0.2) is 36.0 Å². The summed E-state index contributed by atoms with van der Waals surface area (Å²) < 4.78 is 0. The minimum Gasteiger partial charge on any atom is -0.350 e. The number of nitrogens with zero attached hydrogens (tertiary/aromatic N) is 1. The van der Waals surface area contributed by atoms with E-state index in [0.29, 0.717) is 6.54 Å². The molecule has 0 unspecified atom stereocenters. The van der Waals surface area contributed by atoms with Crippen molar-refractivity contribution in [2.45, 2.75) is 77.7 Å². The molecule has 0 atom stereocenters. The Morgan fingerprint density at radius 2 is 1.79 bits per heavy atom. The van der Waals surface area contributed by atoms with Crippen LogP contribution in [0.5, 0.6) is 0 Å². The average molecular weight is 268 g/mol. The van der Waals surface area contributed by atoms with Gasteiger partial charge in [-0.05, 0) is 46.2 Å². The standard InChI is InChI=1S/C16H32N2O/c1-4-5-6-8-11-16(2,3)17-15(19)14-18-12-9-7-10-13-18/h4-14H2,1-3H3,(H,17,19). The van der Waals surface area contributed by atoms with E-state index in [4.69, 9.17) is 0 Å². The highest BCUT2D eigenvalue weighted by atomic mass is 16.2. The van der Waals surface area contributed by atoms with Gasteiger partial charge in [-0.3, -0.25) is 9.69 Å². The maximum Gasteiger partial charge on any atom is 0.234 e. The van der Waals surface area contributed by atoms with Crippen LogP contribution in [0, 0.1) is 0 Å². The Kier molecular flexibility index (Phi) is 7.44. The third-order valence-electron chi connectivity index (χ3n) is 3.95. The van der Waals surface area contributed by atoms with Crippen molar-refractivity contribution in [2.24, 2.45) is 0 Å². The van der Waals surface area contributed by atoms with E-state index in [1.165, 1.54) is 44.9 Å². The fourth-order valence-electron chi connectivity index (χ4n) is 2.79. The second kappa shape index (κ2) is 8.57. The highest BCUT2D eigenvalue weighted by Gasteiger charge is 2.21. The third-order valence-corrected chi connectivity index (χ3v) is 3.95. The van der Waals surface area contributed by atoms with Crippen molar-refractivity contribution in [3.63, 3.8) is 0 Å². The zero-order chi connectivity index (χ0) is 14.1. The molecule has 0 aromatic rings. The van der Waals surface area contributed by atoms with E-state index < -0.39 is 0 Å². The lowest BCUT2D eigenvalue weighted by Crippen LogP contribution is -2.48. The van der Waals surface area contributed by atoms with Crippen LogP contribution < -0.4 is 5.32 Å². The summed E-state index contributed by atoms with van der Waals surface area (Å²) >= 11 is 0. The van der Waals surface area contributed by atoms with E-state index >= 15 is 0 Å². The summed E-state index contributed by atoms with van der Waals surface area (Å²) in [6.45, 7) is 9.28. The Bertz CT molecular complexity index is 257. The maximum atomic E-state index is 12.1. The number of nitrogens with one attached hydrogen (secondary N) is 1. The smallest absolute Gasteiger partial charge is 0.234 e. The van der Waals surface area contributed by atoms with Gasteiger partial charge in [0.1, 0.15) is 0 Å². The van der Waals surface area contributed by atoms with Crippen LogP contribution in [0.4, 0.5) is 0 Å². The summed E-state index contributed by atoms with van der Waals surface area (Å²) in [4.78, 5) is 14.3. The molecule has 1 heterocycles. The topological polar surface area (TPSA) is 32.3 Å². The van der Waals surface area contributed by atoms with Crippen molar-refractivity contribution >= 4 is 5.91 Å². The van der Waals surface area contributed by atoms with E-state index in [-0.39, 0.29) is 11.4 Å². The van der Waals surface area contributed by atoms with Gasteiger partial charge in [0.2, 0.25) is 5.91 Å². The molecule has 0 radical (unpaired) electrons. The Morgan fingerprint density at radius 3 is 2.42 bits per heavy atom. The first-order valence-electron chi connectivity index (χ1n) is 8.07. The highest BCUT2D eigenvalue weighted by Crippen LogP contribution is 2.15. The van der Waals surface area contributed by atoms with E-state index in [1.54, 1.807) is 0 Å². The molecule has 1 fully saturated rings. The number of hydrogen-bond acceptors (Lipinski definition) is 2. The Balaban J connectivity index is 2.20. The summed E-state index contributed by atoms with van der Waals surface area (Å²) in [5, 5.41) is 3.20. The fourth-order valence-corrected chi connectivity index (χ4v) is 2.79. The highest BCUT2D eigenvalue weighted by molar-refractivity contribution is 5.78. The molecule has 0 aliphatic carbocycles. The number of piperidine rings is 1. The van der Waals surface area contributed by atoms with E-state index in [2.05, 4.69) is 31.0 Å². The molecule has 0 aromatic carbocycles. The van der Waals surface area contributed by atoms with Crippen molar-refractivity contribution in [2.75, 3.05) is 19.6 Å². The molecule has 1 saturated heterocycles. The van der Waals surface area contributed by atoms with E-state index in [9.17, 15) is 4.79 Å². The first-order valence-corrected chi connectivity index (χ1v) is 8.07. The summed E-state index contributed by atoms with van der Waals surface area (Å²) in [5.41, 5.74) is -0.0549. The summed E-state index contributed by atoms with van der Waals surface area (Å²) in [6.07, 6.45) is 9.95. The van der Waals surface area contributed by atoms with Crippen LogP contribution in [0.25, 0.3) is 0 Å². The Labute approximate surface area is 119 Å². The van der Waals surface area contributed by atoms with Gasteiger partial charge in [-0.15, -0.1) is 0 Å². The van der Waals surface area contributed by atoms with Crippen LogP contribution in [0.15, 0.2) is 0 Å². The van der Waals surface area contributed by atoms with E-state index in [0.717, 1.165) is 19.5 Å². The number of carbonyl (C=O) groups excluding carboxylic acids is 1. The molecule has 1 rings (SSSR count). The minimum atomic E-state index is -0.0549. The number of rotatable bonds is 8. The second-order valence-corrected chi connectivity index (χ2v) is 6.58. The van der Waals surface area contributed by atoms with Gasteiger partial charge in [-0.25, -0.2) is 0 Å². The molecule has 1 aliphatic rings. The van der Waals surface area contributed by atoms with Crippen LogP contribution in [0.2, 0.25) is 0 Å². The third kappa shape index (κ3) is 7.56. The van der Waals surface area contributed by atoms with Gasteiger partial charge in [0.05, 0.1) is 6.54 Å². The lowest BCUT2D eigenvalue weighted by Gasteiger charge is -2.30. The number of likely N-dealkylation sites (tertiary alicyclic amines) is 1. The number of unbranched alkanes of at least 4 members (excludes halogenated alkanes) is 3. The van der Waals surface area contributed by atoms with Crippen molar-refractivity contribution in [1.82, 2.24) is 10.2 Å². The molecule has 3 nitrogen and oxygen atoms in total. The largest absolute Gasteiger partial charge is 0.350 e. The zero-order valence-electron chi connectivity index (χ0n) is 13.1. The molecule has 1 N–H and O–H groups in total. The quantitative estimate of drug-likeness (QED) is 0.685. The van der Waals surface area contributed by atoms with Crippen molar-refractivity contribution in [1.29, 1.82) is 0 Å². The predicted octanol–water partition coefficient (Wildman–Crippen LogP) is 3.34. The van der Waals surface area contributed by atoms with Gasteiger partial charge < -0.3 is 5.32 Å². The van der Waals surface area contributed by atoms with Gasteiger partial charge in [-0.1, -0.05) is 39.0 Å². The molecule has 112 valence electrons. The van der Waals surface area contributed by atoms with Crippen LogP contribution >= 0.6 is 0 Å². The van der Waals surface area contributed by atoms with Gasteiger partial charge in [-0.2, -0.15) is 0 Å². The normalized spacial score (nSPS) is 17.4. The molecule has 0 saturated carbocycles. The molecule has 1 aliphatic heterocycles. The van der Waals surface area contributed by atoms with E-state index in [1.807, 2.05) is 0 Å². The van der Waals surface area contributed by atoms with Gasteiger partial charge in [0.25, 0.3) is 0 Å². The van der Waals surface area contributed by atoms with Crippen LogP contribution in [0.3, 0.4) is 0 Å². The monoisotopic (exact) mass is 268 g/mol.